The number of rotatable bonds is 5. The van der Waals surface area contributed by atoms with Crippen LogP contribution in [-0.4, -0.2) is 50.2 Å². The van der Waals surface area contributed by atoms with E-state index in [9.17, 15) is 0 Å². The zero-order valence-corrected chi connectivity index (χ0v) is 20.8. The molecule has 3 heterocycles. The predicted molar refractivity (Wildman–Crippen MR) is 141 cm³/mol. The number of aryl methyl sites for hydroxylation is 1. The zero-order valence-electron chi connectivity index (χ0n) is 18.4. The van der Waals surface area contributed by atoms with Crippen molar-refractivity contribution in [1.29, 1.82) is 0 Å². The summed E-state index contributed by atoms with van der Waals surface area (Å²) in [4.78, 5) is 13.7. The van der Waals surface area contributed by atoms with Crippen molar-refractivity contribution < 1.29 is 0 Å². The fourth-order valence-electron chi connectivity index (χ4n) is 4.03. The Bertz CT molecular complexity index is 879. The van der Waals surface area contributed by atoms with E-state index in [4.69, 9.17) is 0 Å². The molecule has 2 aliphatic heterocycles. The highest BCUT2D eigenvalue weighted by atomic mass is 127. The van der Waals surface area contributed by atoms with Gasteiger partial charge < -0.3 is 20.4 Å². The molecular weight excluding hydrogens is 499 g/mol. The van der Waals surface area contributed by atoms with E-state index in [0.717, 1.165) is 57.3 Å². The molecule has 2 aliphatic rings. The molecule has 0 radical (unpaired) electrons. The molecule has 0 spiro atoms. The summed E-state index contributed by atoms with van der Waals surface area (Å²) in [5.41, 5.74) is 3.75. The maximum absolute atomic E-state index is 4.56. The average Bonchev–Trinajstić information content (AvgIpc) is 3.33. The number of aromatic nitrogens is 1. The number of pyridine rings is 1. The molecule has 0 aliphatic carbocycles. The molecule has 2 aromatic rings. The number of hydrogen-bond acceptors (Lipinski definition) is 4. The molecule has 1 fully saturated rings. The number of anilines is 2. The van der Waals surface area contributed by atoms with Gasteiger partial charge in [-0.25, -0.2) is 4.98 Å². The molecule has 6 nitrogen and oxygen atoms in total. The van der Waals surface area contributed by atoms with Crippen LogP contribution in [-0.2, 0) is 6.54 Å². The second-order valence-electron chi connectivity index (χ2n) is 8.07. The van der Waals surface area contributed by atoms with Gasteiger partial charge in [0, 0.05) is 57.7 Å². The number of nitrogens with zero attached hydrogens (tertiary/aromatic N) is 4. The van der Waals surface area contributed by atoms with Crippen LogP contribution < -0.4 is 20.4 Å². The molecule has 0 bridgehead atoms. The van der Waals surface area contributed by atoms with Crippen molar-refractivity contribution in [3.8, 4) is 0 Å². The van der Waals surface area contributed by atoms with Crippen molar-refractivity contribution in [2.45, 2.75) is 32.4 Å². The molecule has 0 amide bonds. The van der Waals surface area contributed by atoms with Crippen LogP contribution in [0.5, 0.6) is 0 Å². The molecule has 0 atom stereocenters. The molecule has 166 valence electrons. The summed E-state index contributed by atoms with van der Waals surface area (Å²) in [6, 6.07) is 13.4. The van der Waals surface area contributed by atoms with Crippen molar-refractivity contribution >= 4 is 41.4 Å². The third kappa shape index (κ3) is 6.35. The lowest BCUT2D eigenvalue weighted by Gasteiger charge is -2.33. The molecule has 1 aromatic carbocycles. The minimum absolute atomic E-state index is 0. The van der Waals surface area contributed by atoms with Gasteiger partial charge in [-0.15, -0.1) is 24.0 Å². The second kappa shape index (κ2) is 11.4. The van der Waals surface area contributed by atoms with E-state index in [0.29, 0.717) is 6.04 Å². The molecule has 0 saturated carbocycles. The summed E-state index contributed by atoms with van der Waals surface area (Å²) >= 11 is 0. The number of benzene rings is 1. The molecule has 7 heteroatoms. The van der Waals surface area contributed by atoms with Gasteiger partial charge in [0.15, 0.2) is 5.96 Å². The van der Waals surface area contributed by atoms with Crippen molar-refractivity contribution in [3.05, 3.63) is 65.9 Å². The number of guanidine groups is 1. The van der Waals surface area contributed by atoms with Gasteiger partial charge in [0.2, 0.25) is 0 Å². The first kappa shape index (κ1) is 23.4. The largest absolute Gasteiger partial charge is 0.364 e. The first-order valence-corrected chi connectivity index (χ1v) is 10.8. The van der Waals surface area contributed by atoms with Gasteiger partial charge in [0.1, 0.15) is 5.82 Å². The Hall–Kier alpha value is -2.29. The second-order valence-corrected chi connectivity index (χ2v) is 8.07. The quantitative estimate of drug-likeness (QED) is 0.266. The molecule has 1 aromatic heterocycles. The monoisotopic (exact) mass is 532 g/mol. The third-order valence-electron chi connectivity index (χ3n) is 5.83. The first-order valence-electron chi connectivity index (χ1n) is 10.8. The fraction of sp³-hybridized carbons (Fsp3) is 0.417. The molecule has 0 unspecified atom stereocenters. The highest BCUT2D eigenvalue weighted by Crippen LogP contribution is 2.19. The van der Waals surface area contributed by atoms with E-state index in [1.807, 2.05) is 13.2 Å². The molecular formula is C24H33IN6. The Morgan fingerprint density at radius 2 is 1.87 bits per heavy atom. The normalized spacial score (nSPS) is 16.9. The highest BCUT2D eigenvalue weighted by molar-refractivity contribution is 14.0. The van der Waals surface area contributed by atoms with E-state index >= 15 is 0 Å². The van der Waals surface area contributed by atoms with Crippen LogP contribution in [0.2, 0.25) is 0 Å². The fourth-order valence-corrected chi connectivity index (χ4v) is 4.03. The summed E-state index contributed by atoms with van der Waals surface area (Å²) < 4.78 is 0. The Kier molecular flexibility index (Phi) is 8.57. The van der Waals surface area contributed by atoms with Crippen LogP contribution in [0.25, 0.3) is 0 Å². The summed E-state index contributed by atoms with van der Waals surface area (Å²) in [7, 11) is 1.84. The number of nitrogens with one attached hydrogen (secondary N) is 2. The lowest BCUT2D eigenvalue weighted by atomic mass is 10.1. The summed E-state index contributed by atoms with van der Waals surface area (Å²) in [6.07, 6.45) is 8.54. The Labute approximate surface area is 202 Å². The average molecular weight is 532 g/mol. The van der Waals surface area contributed by atoms with Gasteiger partial charge in [0.25, 0.3) is 0 Å². The zero-order chi connectivity index (χ0) is 20.8. The van der Waals surface area contributed by atoms with Crippen LogP contribution in [0, 0.1) is 6.92 Å². The Morgan fingerprint density at radius 1 is 1.10 bits per heavy atom. The number of piperidine rings is 1. The number of aliphatic imine (C=N–C) groups is 1. The Balaban J connectivity index is 0.00000272. The van der Waals surface area contributed by atoms with E-state index in [2.05, 4.69) is 85.9 Å². The maximum atomic E-state index is 4.56. The standard InChI is InChI=1S/C24H32N6.HI/c1-19-8-9-23(26-17-19)30-14-10-21(11-15-30)28-24(25-2)27-18-20-6-5-7-22(16-20)29-12-3-4-13-29;/h3-9,16-17,21H,10-15,18H2,1-2H3,(H2,25,27,28);1H. The van der Waals surface area contributed by atoms with Gasteiger partial charge in [-0.05, 0) is 49.1 Å². The van der Waals surface area contributed by atoms with Gasteiger partial charge in [-0.1, -0.05) is 30.4 Å². The number of halogens is 1. The third-order valence-corrected chi connectivity index (χ3v) is 5.83. The predicted octanol–water partition coefficient (Wildman–Crippen LogP) is 3.72. The highest BCUT2D eigenvalue weighted by Gasteiger charge is 2.20. The summed E-state index contributed by atoms with van der Waals surface area (Å²) in [6.45, 7) is 6.85. The van der Waals surface area contributed by atoms with Crippen LogP contribution in [0.3, 0.4) is 0 Å². The van der Waals surface area contributed by atoms with E-state index < -0.39 is 0 Å². The summed E-state index contributed by atoms with van der Waals surface area (Å²) in [5, 5.41) is 7.08. The van der Waals surface area contributed by atoms with Crippen molar-refractivity contribution in [2.24, 2.45) is 4.99 Å². The maximum Gasteiger partial charge on any atom is 0.191 e. The van der Waals surface area contributed by atoms with Crippen LogP contribution >= 0.6 is 24.0 Å². The minimum atomic E-state index is 0. The lowest BCUT2D eigenvalue weighted by molar-refractivity contribution is 0.459. The van der Waals surface area contributed by atoms with E-state index in [1.54, 1.807) is 0 Å². The van der Waals surface area contributed by atoms with Crippen molar-refractivity contribution in [2.75, 3.05) is 43.0 Å². The van der Waals surface area contributed by atoms with Crippen LogP contribution in [0.4, 0.5) is 11.5 Å². The van der Waals surface area contributed by atoms with Crippen LogP contribution in [0.1, 0.15) is 24.0 Å². The molecule has 1 saturated heterocycles. The van der Waals surface area contributed by atoms with Gasteiger partial charge >= 0.3 is 0 Å². The van der Waals surface area contributed by atoms with Crippen LogP contribution in [0.15, 0.2) is 59.7 Å². The number of hydrogen-bond donors (Lipinski definition) is 2. The first-order chi connectivity index (χ1) is 14.7. The Morgan fingerprint density at radius 3 is 2.55 bits per heavy atom. The van der Waals surface area contributed by atoms with Crippen molar-refractivity contribution in [3.63, 3.8) is 0 Å². The SMILES string of the molecule is CN=C(NCc1cccc(N2CC=CC2)c1)NC1CCN(c2ccc(C)cn2)CC1.I. The van der Waals surface area contributed by atoms with Gasteiger partial charge in [-0.2, -0.15) is 0 Å². The van der Waals surface area contributed by atoms with Gasteiger partial charge in [-0.3, -0.25) is 4.99 Å². The topological polar surface area (TPSA) is 55.8 Å². The minimum Gasteiger partial charge on any atom is -0.364 e. The van der Waals surface area contributed by atoms with E-state index in [-0.39, 0.29) is 24.0 Å². The molecule has 2 N–H and O–H groups in total. The van der Waals surface area contributed by atoms with Gasteiger partial charge in [0.05, 0.1) is 0 Å². The lowest BCUT2D eigenvalue weighted by Crippen LogP contribution is -2.48. The summed E-state index contributed by atoms with van der Waals surface area (Å²) in [5.74, 6) is 1.95. The smallest absolute Gasteiger partial charge is 0.191 e. The van der Waals surface area contributed by atoms with Crippen molar-refractivity contribution in [1.82, 2.24) is 15.6 Å². The van der Waals surface area contributed by atoms with E-state index in [1.165, 1.54) is 16.8 Å². The molecule has 4 rings (SSSR count). The molecule has 31 heavy (non-hydrogen) atoms.